The number of rotatable bonds is 18. The lowest BCUT2D eigenvalue weighted by Gasteiger charge is -2.25. The van der Waals surface area contributed by atoms with Crippen LogP contribution < -0.4 is 16.4 Å². The summed E-state index contributed by atoms with van der Waals surface area (Å²) in [6.45, 7) is 6.84. The average molecular weight is 1040 g/mol. The molecule has 0 aliphatic heterocycles. The van der Waals surface area contributed by atoms with Gasteiger partial charge in [0.2, 0.25) is 11.9 Å². The summed E-state index contributed by atoms with van der Waals surface area (Å²) in [6, 6.07) is 35.0. The fourth-order valence-corrected chi connectivity index (χ4v) is 8.21. The molecule has 400 valence electrons. The Balaban J connectivity index is 0.000000146. The van der Waals surface area contributed by atoms with Crippen molar-refractivity contribution in [1.29, 1.82) is 0 Å². The SMILES string of the molecule is Cc1cnc(Nc2cnn(C)c2)nc1-c1ccc(C(=O)CCC2(O)CC2)cc1.Cc1cnc(Nc2cnn(C)c2)nc1-c1ccc(C(=O)O)cc1.NCC1(O)CC1.OC1(CN(Cc2ccccc2)Cc2ccccc2)CC1. The Morgan fingerprint density at radius 1 is 0.597 bits per heavy atom. The number of Topliss-reactive ketones (excluding diaryl/α,β-unsaturated/α-hetero) is 1. The van der Waals surface area contributed by atoms with E-state index in [0.717, 1.165) is 103 Å². The van der Waals surface area contributed by atoms with Crippen LogP contribution in [0.15, 0.2) is 146 Å². The van der Waals surface area contributed by atoms with Crippen molar-refractivity contribution in [3.63, 3.8) is 0 Å². The molecule has 4 heterocycles. The smallest absolute Gasteiger partial charge is 0.335 e. The van der Waals surface area contributed by atoms with Crippen molar-refractivity contribution in [2.24, 2.45) is 19.8 Å². The number of nitrogens with two attached hydrogens (primary N) is 1. The second-order valence-electron chi connectivity index (χ2n) is 20.4. The van der Waals surface area contributed by atoms with Gasteiger partial charge in [0.25, 0.3) is 0 Å². The minimum Gasteiger partial charge on any atom is -0.478 e. The number of aliphatic hydroxyl groups is 3. The maximum atomic E-state index is 12.3. The van der Waals surface area contributed by atoms with Crippen LogP contribution in [0.5, 0.6) is 0 Å². The van der Waals surface area contributed by atoms with Crippen LogP contribution in [0.4, 0.5) is 23.3 Å². The molecule has 4 aromatic carbocycles. The van der Waals surface area contributed by atoms with E-state index < -0.39 is 22.8 Å². The monoisotopic (exact) mass is 1040 g/mol. The number of aryl methyl sites for hydroxylation is 4. The van der Waals surface area contributed by atoms with Crippen molar-refractivity contribution in [1.82, 2.24) is 44.4 Å². The van der Waals surface area contributed by atoms with E-state index in [0.29, 0.717) is 36.8 Å². The van der Waals surface area contributed by atoms with Crippen LogP contribution in [0.1, 0.15) is 94.3 Å². The van der Waals surface area contributed by atoms with Crippen molar-refractivity contribution < 1.29 is 30.0 Å². The molecule has 0 radical (unpaired) electrons. The van der Waals surface area contributed by atoms with E-state index in [1.54, 1.807) is 58.4 Å². The molecular weight excluding hydrogens is 973 g/mol. The van der Waals surface area contributed by atoms with Crippen LogP contribution >= 0.6 is 0 Å². The quantitative estimate of drug-likeness (QED) is 0.0397. The summed E-state index contributed by atoms with van der Waals surface area (Å²) in [5, 5.41) is 52.3. The standard InChI is InChI=1S/C21H23N5O2.C18H21NO.C16H15N5O2.C4H9NO/c1-14-11-22-20(24-17-12-23-26(2)13-17)25-19(14)16-5-3-15(4-6-16)18(27)7-8-21(28)9-10-21;20-18(11-12-18)15-19(13-16-7-3-1-4-8-16)14-17-9-5-2-6-10-17;1-10-7-17-16(19-13-8-18-21(2)9-13)20-14(10)11-3-5-12(6-4-11)15(22)23;5-3-4(6)1-2-4/h3-6,11-13,28H,7-10H2,1-2H3,(H,22,24,25);1-10,20H,11-15H2;3-9H,1-2H3,(H,22,23)(H,17,19,20);6H,1-3,5H2. The molecule has 0 saturated heterocycles. The van der Waals surface area contributed by atoms with Gasteiger partial charge in [-0.2, -0.15) is 10.2 Å². The van der Waals surface area contributed by atoms with Gasteiger partial charge in [-0.05, 0) is 93.2 Å². The molecular formula is C59H68N12O6. The Labute approximate surface area is 448 Å². The first kappa shape index (κ1) is 55.2. The van der Waals surface area contributed by atoms with E-state index in [1.165, 1.54) is 11.1 Å². The molecule has 0 unspecified atom stereocenters. The molecule has 11 rings (SSSR count). The molecule has 4 aromatic heterocycles. The van der Waals surface area contributed by atoms with Gasteiger partial charge in [0.05, 0.1) is 57.5 Å². The molecule has 18 heteroatoms. The third-order valence-electron chi connectivity index (χ3n) is 13.4. The van der Waals surface area contributed by atoms with Crippen LogP contribution in [-0.4, -0.2) is 106 Å². The number of carboxylic acids is 1. The first-order chi connectivity index (χ1) is 36.9. The minimum atomic E-state index is -0.949. The molecule has 3 aliphatic rings. The Morgan fingerprint density at radius 3 is 1.39 bits per heavy atom. The molecule has 8 aromatic rings. The number of nitrogens with zero attached hydrogens (tertiary/aromatic N) is 9. The Bertz CT molecular complexity index is 3170. The fraction of sp³-hybridized carbons (Fsp3) is 0.322. The number of benzene rings is 4. The van der Waals surface area contributed by atoms with Crippen molar-refractivity contribution in [2.75, 3.05) is 23.7 Å². The highest BCUT2D eigenvalue weighted by atomic mass is 16.4. The fourth-order valence-electron chi connectivity index (χ4n) is 8.21. The minimum absolute atomic E-state index is 0.0604. The summed E-state index contributed by atoms with van der Waals surface area (Å²) < 4.78 is 3.39. The Kier molecular flexibility index (Phi) is 17.8. The number of anilines is 4. The number of aromatic carboxylic acids is 1. The number of aromatic nitrogens is 8. The molecule has 77 heavy (non-hydrogen) atoms. The average Bonchev–Trinajstić information content (AvgIpc) is 4.40. The molecule has 0 amide bonds. The van der Waals surface area contributed by atoms with E-state index in [-0.39, 0.29) is 11.3 Å². The highest BCUT2D eigenvalue weighted by Crippen LogP contribution is 2.40. The molecule has 3 fully saturated rings. The largest absolute Gasteiger partial charge is 0.478 e. The summed E-state index contributed by atoms with van der Waals surface area (Å²) in [5.74, 6) is 0.0625. The number of carbonyl (C=O) groups excluding carboxylic acids is 1. The van der Waals surface area contributed by atoms with Gasteiger partial charge in [0, 0.05) is 88.2 Å². The van der Waals surface area contributed by atoms with E-state index in [2.05, 4.69) is 94.2 Å². The Morgan fingerprint density at radius 2 is 1.03 bits per heavy atom. The number of hydrogen-bond donors (Lipinski definition) is 7. The summed E-state index contributed by atoms with van der Waals surface area (Å²) in [6.07, 6.45) is 16.8. The second-order valence-corrected chi connectivity index (χ2v) is 20.4. The van der Waals surface area contributed by atoms with Crippen LogP contribution in [0, 0.1) is 13.8 Å². The van der Waals surface area contributed by atoms with Gasteiger partial charge in [-0.3, -0.25) is 19.1 Å². The lowest BCUT2D eigenvalue weighted by molar-refractivity contribution is 0.0696. The van der Waals surface area contributed by atoms with Gasteiger partial charge in [-0.15, -0.1) is 0 Å². The van der Waals surface area contributed by atoms with Crippen molar-refractivity contribution in [3.05, 3.63) is 180 Å². The van der Waals surface area contributed by atoms with Gasteiger partial charge in [-0.25, -0.2) is 24.7 Å². The lowest BCUT2D eigenvalue weighted by atomic mass is 10.0. The maximum Gasteiger partial charge on any atom is 0.335 e. The normalized spacial score (nSPS) is 14.8. The highest BCUT2D eigenvalue weighted by molar-refractivity contribution is 5.96. The molecule has 0 bridgehead atoms. The molecule has 3 saturated carbocycles. The van der Waals surface area contributed by atoms with E-state index in [9.17, 15) is 19.8 Å². The van der Waals surface area contributed by atoms with Crippen molar-refractivity contribution in [3.8, 4) is 22.5 Å². The zero-order valence-corrected chi connectivity index (χ0v) is 44.0. The Hall–Kier alpha value is -8.00. The maximum absolute atomic E-state index is 12.3. The van der Waals surface area contributed by atoms with Crippen molar-refractivity contribution >= 4 is 35.0 Å². The summed E-state index contributed by atoms with van der Waals surface area (Å²) >= 11 is 0. The first-order valence-electron chi connectivity index (χ1n) is 25.8. The molecule has 8 N–H and O–H groups in total. The van der Waals surface area contributed by atoms with Gasteiger partial charge in [-0.1, -0.05) is 97.1 Å². The topological polar surface area (TPSA) is 256 Å². The number of hydrogen-bond acceptors (Lipinski definition) is 15. The van der Waals surface area contributed by atoms with Crippen molar-refractivity contribution in [2.45, 2.75) is 95.1 Å². The lowest BCUT2D eigenvalue weighted by Crippen LogP contribution is -2.32. The van der Waals surface area contributed by atoms with Crippen LogP contribution in [-0.2, 0) is 27.2 Å². The number of nitrogens with one attached hydrogen (secondary N) is 2. The van der Waals surface area contributed by atoms with Gasteiger partial charge in [0.15, 0.2) is 5.78 Å². The third-order valence-corrected chi connectivity index (χ3v) is 13.4. The number of carbonyl (C=O) groups is 2. The van der Waals surface area contributed by atoms with E-state index in [1.807, 2.05) is 76.7 Å². The van der Waals surface area contributed by atoms with E-state index >= 15 is 0 Å². The van der Waals surface area contributed by atoms with Crippen LogP contribution in [0.25, 0.3) is 22.5 Å². The summed E-state index contributed by atoms with van der Waals surface area (Å²) in [7, 11) is 3.68. The zero-order valence-electron chi connectivity index (χ0n) is 44.0. The first-order valence-corrected chi connectivity index (χ1v) is 25.8. The third kappa shape index (κ3) is 16.7. The van der Waals surface area contributed by atoms with Gasteiger partial charge < -0.3 is 36.8 Å². The number of carboxylic acid groups (broad SMARTS) is 1. The molecule has 18 nitrogen and oxygen atoms in total. The van der Waals surface area contributed by atoms with Crippen LogP contribution in [0.3, 0.4) is 0 Å². The number of ketones is 1. The summed E-state index contributed by atoms with van der Waals surface area (Å²) in [5.41, 5.74) is 14.0. The highest BCUT2D eigenvalue weighted by Gasteiger charge is 2.42. The predicted molar refractivity (Wildman–Crippen MR) is 297 cm³/mol. The second kappa shape index (κ2) is 24.8. The van der Waals surface area contributed by atoms with Crippen LogP contribution in [0.2, 0.25) is 0 Å². The zero-order chi connectivity index (χ0) is 54.6. The summed E-state index contributed by atoms with van der Waals surface area (Å²) in [4.78, 5) is 43.3. The molecule has 0 atom stereocenters. The molecule has 3 aliphatic carbocycles. The van der Waals surface area contributed by atoms with Gasteiger partial charge in [0.1, 0.15) is 0 Å². The van der Waals surface area contributed by atoms with Gasteiger partial charge >= 0.3 is 5.97 Å². The molecule has 0 spiro atoms. The predicted octanol–water partition coefficient (Wildman–Crippen LogP) is 8.73. The van der Waals surface area contributed by atoms with E-state index in [4.69, 9.17) is 15.9 Å².